The SMILES string of the molecule is COc1cccc([C@H]2[C@@H]3CN(Cc4ccccc4)CC=C3C(C(=O)O)=C(N)C2(C#N)C#N)c1. The van der Waals surface area contributed by atoms with E-state index in [1.54, 1.807) is 25.3 Å². The van der Waals surface area contributed by atoms with Crippen LogP contribution in [0.3, 0.4) is 0 Å². The van der Waals surface area contributed by atoms with Gasteiger partial charge in [0.05, 0.1) is 30.5 Å². The average molecular weight is 441 g/mol. The Morgan fingerprint density at radius 3 is 2.58 bits per heavy atom. The molecule has 0 spiro atoms. The molecule has 0 amide bonds. The number of hydrogen-bond donors (Lipinski definition) is 2. The highest BCUT2D eigenvalue weighted by Gasteiger charge is 2.55. The Morgan fingerprint density at radius 1 is 1.21 bits per heavy atom. The van der Waals surface area contributed by atoms with Gasteiger partial charge in [0, 0.05) is 31.5 Å². The maximum absolute atomic E-state index is 12.2. The third kappa shape index (κ3) is 3.73. The Morgan fingerprint density at radius 2 is 1.94 bits per heavy atom. The van der Waals surface area contributed by atoms with E-state index in [2.05, 4.69) is 17.0 Å². The van der Waals surface area contributed by atoms with Gasteiger partial charge in [-0.15, -0.1) is 0 Å². The molecule has 7 heteroatoms. The molecule has 1 aliphatic heterocycles. The molecule has 33 heavy (non-hydrogen) atoms. The molecule has 166 valence electrons. The highest BCUT2D eigenvalue weighted by molar-refractivity contribution is 5.94. The molecule has 0 unspecified atom stereocenters. The number of methoxy groups -OCH3 is 1. The van der Waals surface area contributed by atoms with Crippen LogP contribution in [-0.4, -0.2) is 36.2 Å². The summed E-state index contributed by atoms with van der Waals surface area (Å²) in [4.78, 5) is 14.4. The normalized spacial score (nSPS) is 21.8. The van der Waals surface area contributed by atoms with E-state index in [-0.39, 0.29) is 11.3 Å². The molecule has 2 aliphatic rings. The van der Waals surface area contributed by atoms with Crippen molar-refractivity contribution in [2.75, 3.05) is 20.2 Å². The summed E-state index contributed by atoms with van der Waals surface area (Å²) in [6, 6.07) is 21.4. The monoisotopic (exact) mass is 440 g/mol. The predicted molar refractivity (Wildman–Crippen MR) is 122 cm³/mol. The first kappa shape index (κ1) is 22.1. The van der Waals surface area contributed by atoms with Crippen LogP contribution in [0.15, 0.2) is 77.5 Å². The van der Waals surface area contributed by atoms with Crippen molar-refractivity contribution in [3.05, 3.63) is 88.6 Å². The number of fused-ring (bicyclic) bond motifs is 1. The highest BCUT2D eigenvalue weighted by atomic mass is 16.5. The molecule has 0 saturated carbocycles. The zero-order valence-electron chi connectivity index (χ0n) is 18.2. The predicted octanol–water partition coefficient (Wildman–Crippen LogP) is 3.18. The summed E-state index contributed by atoms with van der Waals surface area (Å²) in [6.45, 7) is 1.69. The number of benzene rings is 2. The van der Waals surface area contributed by atoms with Gasteiger partial charge in [-0.2, -0.15) is 10.5 Å². The summed E-state index contributed by atoms with van der Waals surface area (Å²) < 4.78 is 5.38. The second-order valence-electron chi connectivity index (χ2n) is 8.33. The number of rotatable bonds is 5. The Hall–Kier alpha value is -4.07. The van der Waals surface area contributed by atoms with Crippen LogP contribution < -0.4 is 10.5 Å². The van der Waals surface area contributed by atoms with Crippen LogP contribution in [0.25, 0.3) is 0 Å². The van der Waals surface area contributed by atoms with Crippen LogP contribution in [0.2, 0.25) is 0 Å². The lowest BCUT2D eigenvalue weighted by Gasteiger charge is -2.46. The number of nitrogens with zero attached hydrogens (tertiary/aromatic N) is 3. The molecular formula is C26H24N4O3. The van der Waals surface area contributed by atoms with Crippen molar-refractivity contribution in [3.8, 4) is 17.9 Å². The van der Waals surface area contributed by atoms with Crippen molar-refractivity contribution in [2.24, 2.45) is 17.1 Å². The number of carboxylic acids is 1. The molecule has 7 nitrogen and oxygen atoms in total. The number of carbonyl (C=O) groups is 1. The molecule has 2 atom stereocenters. The van der Waals surface area contributed by atoms with Gasteiger partial charge in [-0.1, -0.05) is 48.5 Å². The number of ether oxygens (including phenoxy) is 1. The maximum Gasteiger partial charge on any atom is 0.337 e. The van der Waals surface area contributed by atoms with E-state index in [1.165, 1.54) is 0 Å². The van der Waals surface area contributed by atoms with E-state index in [0.717, 1.165) is 5.56 Å². The van der Waals surface area contributed by atoms with Crippen LogP contribution in [0.5, 0.6) is 5.75 Å². The van der Waals surface area contributed by atoms with Gasteiger partial charge in [0.1, 0.15) is 5.75 Å². The molecule has 2 aromatic rings. The van der Waals surface area contributed by atoms with Crippen molar-refractivity contribution < 1.29 is 14.6 Å². The van der Waals surface area contributed by atoms with E-state index in [9.17, 15) is 20.4 Å². The van der Waals surface area contributed by atoms with Gasteiger partial charge in [0.2, 0.25) is 0 Å². The Balaban J connectivity index is 1.88. The number of hydrogen-bond acceptors (Lipinski definition) is 6. The average Bonchev–Trinajstić information content (AvgIpc) is 2.84. The third-order valence-corrected chi connectivity index (χ3v) is 6.54. The fraction of sp³-hybridized carbons (Fsp3) is 0.269. The molecular weight excluding hydrogens is 416 g/mol. The molecule has 0 fully saturated rings. The van der Waals surface area contributed by atoms with E-state index < -0.39 is 23.2 Å². The standard InChI is InChI=1S/C26H24N4O3/c1-33-19-9-5-8-18(12-19)23-21-14-30(13-17-6-3-2-4-7-17)11-10-20(21)22(25(31)32)24(29)26(23,15-27)16-28/h2-10,12,21,23H,11,13-14,29H2,1H3,(H,31,32)/t21-,23+/m1/s1. The minimum absolute atomic E-state index is 0.124. The first-order chi connectivity index (χ1) is 15.9. The summed E-state index contributed by atoms with van der Waals surface area (Å²) in [5.41, 5.74) is 6.59. The zero-order chi connectivity index (χ0) is 23.6. The smallest absolute Gasteiger partial charge is 0.337 e. The van der Waals surface area contributed by atoms with E-state index >= 15 is 0 Å². The number of nitriles is 2. The van der Waals surface area contributed by atoms with Gasteiger partial charge >= 0.3 is 5.97 Å². The molecule has 0 bridgehead atoms. The fourth-order valence-corrected chi connectivity index (χ4v) is 5.04. The van der Waals surface area contributed by atoms with Crippen molar-refractivity contribution in [1.82, 2.24) is 4.90 Å². The largest absolute Gasteiger partial charge is 0.497 e. The van der Waals surface area contributed by atoms with Gasteiger partial charge in [0.15, 0.2) is 5.41 Å². The topological polar surface area (TPSA) is 123 Å². The number of allylic oxidation sites excluding steroid dienone is 1. The summed E-state index contributed by atoms with van der Waals surface area (Å²) >= 11 is 0. The first-order valence-corrected chi connectivity index (χ1v) is 10.6. The van der Waals surface area contributed by atoms with Crippen molar-refractivity contribution in [2.45, 2.75) is 12.5 Å². The van der Waals surface area contributed by atoms with Gasteiger partial charge in [-0.3, -0.25) is 4.90 Å². The zero-order valence-corrected chi connectivity index (χ0v) is 18.2. The quantitative estimate of drug-likeness (QED) is 0.732. The second-order valence-corrected chi connectivity index (χ2v) is 8.33. The Bertz CT molecular complexity index is 1210. The first-order valence-electron chi connectivity index (χ1n) is 10.6. The molecule has 0 aromatic heterocycles. The van der Waals surface area contributed by atoms with Crippen molar-refractivity contribution in [3.63, 3.8) is 0 Å². The summed E-state index contributed by atoms with van der Waals surface area (Å²) in [7, 11) is 1.55. The van der Waals surface area contributed by atoms with Crippen molar-refractivity contribution in [1.29, 1.82) is 10.5 Å². The molecule has 1 heterocycles. The lowest BCUT2D eigenvalue weighted by molar-refractivity contribution is -0.132. The number of aliphatic carboxylic acids is 1. The van der Waals surface area contributed by atoms with Crippen LogP contribution in [0, 0.1) is 34.0 Å². The van der Waals surface area contributed by atoms with E-state index in [1.807, 2.05) is 42.5 Å². The maximum atomic E-state index is 12.2. The van der Waals surface area contributed by atoms with Crippen molar-refractivity contribution >= 4 is 5.97 Å². The summed E-state index contributed by atoms with van der Waals surface area (Å²) in [5, 5.41) is 30.4. The molecule has 2 aromatic carbocycles. The summed E-state index contributed by atoms with van der Waals surface area (Å²) in [5.74, 6) is -1.70. The Labute approximate surface area is 192 Å². The third-order valence-electron chi connectivity index (χ3n) is 6.54. The fourth-order valence-electron chi connectivity index (χ4n) is 5.04. The van der Waals surface area contributed by atoms with E-state index in [4.69, 9.17) is 10.5 Å². The highest BCUT2D eigenvalue weighted by Crippen LogP contribution is 2.54. The van der Waals surface area contributed by atoms with Gasteiger partial charge in [-0.05, 0) is 28.8 Å². The summed E-state index contributed by atoms with van der Waals surface area (Å²) in [6.07, 6.45) is 1.87. The Kier molecular flexibility index (Phi) is 5.91. The van der Waals surface area contributed by atoms with E-state index in [0.29, 0.717) is 36.5 Å². The number of nitrogens with two attached hydrogens (primary N) is 1. The van der Waals surface area contributed by atoms with Crippen LogP contribution in [-0.2, 0) is 11.3 Å². The molecule has 0 radical (unpaired) electrons. The number of carboxylic acid groups (broad SMARTS) is 1. The second kappa shape index (κ2) is 8.82. The van der Waals surface area contributed by atoms with Gasteiger partial charge in [0.25, 0.3) is 0 Å². The van der Waals surface area contributed by atoms with Gasteiger partial charge in [-0.25, -0.2) is 4.79 Å². The van der Waals surface area contributed by atoms with Crippen LogP contribution in [0.1, 0.15) is 17.0 Å². The van der Waals surface area contributed by atoms with Crippen LogP contribution in [0.4, 0.5) is 0 Å². The lowest BCUT2D eigenvalue weighted by Crippen LogP contribution is -2.48. The van der Waals surface area contributed by atoms with Gasteiger partial charge < -0.3 is 15.6 Å². The minimum atomic E-state index is -1.82. The molecule has 3 N–H and O–H groups in total. The minimum Gasteiger partial charge on any atom is -0.497 e. The van der Waals surface area contributed by atoms with Crippen LogP contribution >= 0.6 is 0 Å². The lowest BCUT2D eigenvalue weighted by atomic mass is 9.58. The molecule has 4 rings (SSSR count). The molecule has 1 aliphatic carbocycles. The molecule has 0 saturated heterocycles.